The minimum absolute atomic E-state index is 0.138. The van der Waals surface area contributed by atoms with Crippen LogP contribution in [0.1, 0.15) is 40.5 Å². The summed E-state index contributed by atoms with van der Waals surface area (Å²) in [6.07, 6.45) is 2.22. The molecule has 0 saturated carbocycles. The fourth-order valence-corrected chi connectivity index (χ4v) is 1.49. The molecule has 0 atom stereocenters. The molecule has 0 aliphatic carbocycles. The second-order valence-electron chi connectivity index (χ2n) is 5.27. The molecule has 17 heavy (non-hydrogen) atoms. The van der Waals surface area contributed by atoms with Gasteiger partial charge in [-0.05, 0) is 24.7 Å². The summed E-state index contributed by atoms with van der Waals surface area (Å²) in [6, 6.07) is 0.683. The smallest absolute Gasteiger partial charge is 0.319 e. The van der Waals surface area contributed by atoms with Crippen molar-refractivity contribution in [3.63, 3.8) is 0 Å². The van der Waals surface area contributed by atoms with Gasteiger partial charge in [-0.15, -0.1) is 0 Å². The van der Waals surface area contributed by atoms with Crippen molar-refractivity contribution >= 4 is 12.0 Å². The Balaban J connectivity index is 2.58. The van der Waals surface area contributed by atoms with Crippen LogP contribution in [0.15, 0.2) is 4.42 Å². The van der Waals surface area contributed by atoms with Gasteiger partial charge in [0.15, 0.2) is 0 Å². The van der Waals surface area contributed by atoms with E-state index in [1.165, 1.54) is 0 Å². The maximum absolute atomic E-state index is 5.46. The van der Waals surface area contributed by atoms with Crippen LogP contribution in [0.5, 0.6) is 0 Å². The minimum Gasteiger partial charge on any atom is -0.390 e. The molecule has 1 aromatic heterocycles. The normalized spacial score (nSPS) is 11.4. The molecule has 1 heterocycles. The highest BCUT2D eigenvalue weighted by atomic mass is 16.4. The minimum atomic E-state index is 0.138. The quantitative estimate of drug-likeness (QED) is 0.793. The highest BCUT2D eigenvalue weighted by molar-refractivity contribution is 5.27. The Bertz CT molecular complexity index is 310. The van der Waals surface area contributed by atoms with Gasteiger partial charge in [0, 0.05) is 13.1 Å². The molecule has 0 aliphatic heterocycles. The Kier molecular flexibility index (Phi) is 5.25. The van der Waals surface area contributed by atoms with Crippen molar-refractivity contribution in [2.75, 3.05) is 23.7 Å². The zero-order valence-electron chi connectivity index (χ0n) is 11.3. The molecular formula is C12H24N4O. The van der Waals surface area contributed by atoms with E-state index in [9.17, 15) is 0 Å². The lowest BCUT2D eigenvalue weighted by Gasteiger charge is -2.21. The molecule has 0 unspecified atom stereocenters. The molecule has 5 nitrogen and oxygen atoms in total. The van der Waals surface area contributed by atoms with E-state index in [0.29, 0.717) is 17.9 Å². The molecule has 1 rings (SSSR count). The Labute approximate surface area is 103 Å². The van der Waals surface area contributed by atoms with Crippen molar-refractivity contribution in [3.05, 3.63) is 0 Å². The van der Waals surface area contributed by atoms with Crippen molar-refractivity contribution < 1.29 is 4.42 Å². The maximum Gasteiger partial charge on any atom is 0.319 e. The fourth-order valence-electron chi connectivity index (χ4n) is 1.49. The molecule has 0 fully saturated rings. The Morgan fingerprint density at radius 1 is 1.06 bits per heavy atom. The molecule has 0 radical (unpaired) electrons. The molecule has 98 valence electrons. The Morgan fingerprint density at radius 2 is 1.59 bits per heavy atom. The fraction of sp³-hybridized carbons (Fsp3) is 0.833. The summed E-state index contributed by atoms with van der Waals surface area (Å²) < 4.78 is 5.29. The van der Waals surface area contributed by atoms with Gasteiger partial charge >= 0.3 is 12.0 Å². The van der Waals surface area contributed by atoms with Crippen LogP contribution in [0, 0.1) is 11.8 Å². The monoisotopic (exact) mass is 240 g/mol. The first-order valence-corrected chi connectivity index (χ1v) is 6.33. The van der Waals surface area contributed by atoms with Crippen LogP contribution in [0.4, 0.5) is 12.0 Å². The van der Waals surface area contributed by atoms with Crippen LogP contribution >= 0.6 is 0 Å². The van der Waals surface area contributed by atoms with E-state index in [-0.39, 0.29) is 6.01 Å². The van der Waals surface area contributed by atoms with Gasteiger partial charge in [0.25, 0.3) is 0 Å². The lowest BCUT2D eigenvalue weighted by atomic mass is 10.1. The average molecular weight is 240 g/mol. The summed E-state index contributed by atoms with van der Waals surface area (Å²) >= 11 is 0. The predicted octanol–water partition coefficient (Wildman–Crippen LogP) is 2.55. The SMILES string of the molecule is CC(C)CCN(CCC(C)C)c1nnc(N)o1. The van der Waals surface area contributed by atoms with E-state index in [2.05, 4.69) is 42.8 Å². The Morgan fingerprint density at radius 3 is 1.94 bits per heavy atom. The first kappa shape index (κ1) is 13.8. The summed E-state index contributed by atoms with van der Waals surface area (Å²) in [4.78, 5) is 2.13. The van der Waals surface area contributed by atoms with Crippen molar-refractivity contribution in [1.82, 2.24) is 10.2 Å². The summed E-state index contributed by atoms with van der Waals surface area (Å²) in [7, 11) is 0. The van der Waals surface area contributed by atoms with E-state index in [1.54, 1.807) is 0 Å². The first-order chi connectivity index (χ1) is 7.99. The molecule has 0 aliphatic rings. The number of hydrogen-bond acceptors (Lipinski definition) is 5. The second-order valence-corrected chi connectivity index (χ2v) is 5.27. The van der Waals surface area contributed by atoms with Crippen molar-refractivity contribution in [2.45, 2.75) is 40.5 Å². The lowest BCUT2D eigenvalue weighted by Crippen LogP contribution is -2.27. The van der Waals surface area contributed by atoms with Crippen molar-refractivity contribution in [2.24, 2.45) is 11.8 Å². The molecule has 0 aromatic carbocycles. The molecule has 0 saturated heterocycles. The van der Waals surface area contributed by atoms with Gasteiger partial charge in [-0.2, -0.15) is 0 Å². The van der Waals surface area contributed by atoms with Gasteiger partial charge in [-0.25, -0.2) is 0 Å². The highest BCUT2D eigenvalue weighted by Crippen LogP contribution is 2.16. The highest BCUT2D eigenvalue weighted by Gasteiger charge is 2.14. The molecule has 1 aromatic rings. The third kappa shape index (κ3) is 5.06. The van der Waals surface area contributed by atoms with Crippen LogP contribution in [0.25, 0.3) is 0 Å². The second kappa shape index (κ2) is 6.47. The van der Waals surface area contributed by atoms with Gasteiger partial charge < -0.3 is 15.1 Å². The third-order valence-corrected chi connectivity index (χ3v) is 2.65. The van der Waals surface area contributed by atoms with Crippen LogP contribution in [-0.4, -0.2) is 23.3 Å². The summed E-state index contributed by atoms with van der Waals surface area (Å²) in [6.45, 7) is 10.7. The number of nitrogen functional groups attached to an aromatic ring is 1. The zero-order chi connectivity index (χ0) is 12.8. The third-order valence-electron chi connectivity index (χ3n) is 2.65. The number of anilines is 2. The van der Waals surface area contributed by atoms with E-state index in [1.807, 2.05) is 0 Å². The van der Waals surface area contributed by atoms with Crippen LogP contribution in [0.3, 0.4) is 0 Å². The van der Waals surface area contributed by atoms with Crippen LogP contribution in [0.2, 0.25) is 0 Å². The van der Waals surface area contributed by atoms with Crippen LogP contribution < -0.4 is 10.6 Å². The van der Waals surface area contributed by atoms with Crippen LogP contribution in [-0.2, 0) is 0 Å². The summed E-state index contributed by atoms with van der Waals surface area (Å²) in [5.74, 6) is 1.33. The van der Waals surface area contributed by atoms with E-state index < -0.39 is 0 Å². The number of nitrogens with two attached hydrogens (primary N) is 1. The van der Waals surface area contributed by atoms with Crippen molar-refractivity contribution in [3.8, 4) is 0 Å². The van der Waals surface area contributed by atoms with Gasteiger partial charge in [0.2, 0.25) is 0 Å². The number of aromatic nitrogens is 2. The molecule has 5 heteroatoms. The van der Waals surface area contributed by atoms with Gasteiger partial charge in [0.1, 0.15) is 0 Å². The Hall–Kier alpha value is -1.26. The topological polar surface area (TPSA) is 68.2 Å². The number of rotatable bonds is 7. The van der Waals surface area contributed by atoms with Crippen molar-refractivity contribution in [1.29, 1.82) is 0 Å². The molecule has 0 bridgehead atoms. The first-order valence-electron chi connectivity index (χ1n) is 6.33. The molecular weight excluding hydrogens is 216 g/mol. The van der Waals surface area contributed by atoms with E-state index in [0.717, 1.165) is 25.9 Å². The molecule has 0 amide bonds. The maximum atomic E-state index is 5.46. The largest absolute Gasteiger partial charge is 0.390 e. The number of hydrogen-bond donors (Lipinski definition) is 1. The van der Waals surface area contributed by atoms with E-state index in [4.69, 9.17) is 10.2 Å². The summed E-state index contributed by atoms with van der Waals surface area (Å²) in [5, 5.41) is 7.67. The molecule has 0 spiro atoms. The average Bonchev–Trinajstić information content (AvgIpc) is 2.64. The lowest BCUT2D eigenvalue weighted by molar-refractivity contribution is 0.490. The van der Waals surface area contributed by atoms with Gasteiger partial charge in [-0.1, -0.05) is 37.9 Å². The van der Waals surface area contributed by atoms with Gasteiger partial charge in [0.05, 0.1) is 0 Å². The predicted molar refractivity (Wildman–Crippen MR) is 69.8 cm³/mol. The van der Waals surface area contributed by atoms with Gasteiger partial charge in [-0.3, -0.25) is 0 Å². The summed E-state index contributed by atoms with van der Waals surface area (Å²) in [5.41, 5.74) is 5.46. The molecule has 2 N–H and O–H groups in total. The number of nitrogens with zero attached hydrogens (tertiary/aromatic N) is 3. The van der Waals surface area contributed by atoms with E-state index >= 15 is 0 Å². The standard InChI is InChI=1S/C12H24N4O/c1-9(2)5-7-16(8-6-10(3)4)12-15-14-11(13)17-12/h9-10H,5-8H2,1-4H3,(H2,13,14). The zero-order valence-corrected chi connectivity index (χ0v) is 11.3.